The van der Waals surface area contributed by atoms with E-state index < -0.39 is 0 Å². The largest absolute Gasteiger partial charge is 0.438 e. The Morgan fingerprint density at radius 1 is 1.11 bits per heavy atom. The Balaban J connectivity index is 2.03. The highest BCUT2D eigenvalue weighted by atomic mass is 32.1. The van der Waals surface area contributed by atoms with Crippen LogP contribution in [0.25, 0.3) is 10.2 Å². The number of benzene rings is 1. The molecule has 0 spiro atoms. The van der Waals surface area contributed by atoms with Crippen molar-refractivity contribution in [3.05, 3.63) is 41.3 Å². The number of hydrogen-bond acceptors (Lipinski definition) is 5. The summed E-state index contributed by atoms with van der Waals surface area (Å²) in [6.07, 6.45) is 0. The molecule has 1 N–H and O–H groups in total. The molecule has 0 saturated carbocycles. The van der Waals surface area contributed by atoms with Gasteiger partial charge in [0.2, 0.25) is 11.8 Å². The van der Waals surface area contributed by atoms with E-state index in [0.29, 0.717) is 11.8 Å². The zero-order valence-electron chi connectivity index (χ0n) is 10.7. The van der Waals surface area contributed by atoms with Gasteiger partial charge in [-0.05, 0) is 30.5 Å². The van der Waals surface area contributed by atoms with E-state index in [4.69, 9.17) is 4.74 Å². The van der Waals surface area contributed by atoms with Gasteiger partial charge in [0.1, 0.15) is 10.6 Å². The monoisotopic (exact) mass is 271 g/mol. The van der Waals surface area contributed by atoms with Gasteiger partial charge in [-0.15, -0.1) is 11.3 Å². The topological polar surface area (TPSA) is 47.0 Å². The lowest BCUT2D eigenvalue weighted by Crippen LogP contribution is -1.98. The third kappa shape index (κ3) is 2.37. The maximum Gasteiger partial charge on any atom is 0.232 e. The minimum Gasteiger partial charge on any atom is -0.438 e. The SMILES string of the molecule is CNc1nc(Oc2ccc(C)cc2)c2ccsc2n1. The molecule has 0 saturated heterocycles. The van der Waals surface area contributed by atoms with Gasteiger partial charge in [0.25, 0.3) is 0 Å². The molecule has 0 unspecified atom stereocenters. The number of ether oxygens (including phenoxy) is 1. The second-order valence-corrected chi connectivity index (χ2v) is 5.05. The molecule has 2 aromatic heterocycles. The summed E-state index contributed by atoms with van der Waals surface area (Å²) in [4.78, 5) is 9.68. The Morgan fingerprint density at radius 2 is 1.89 bits per heavy atom. The van der Waals surface area contributed by atoms with Crippen LogP contribution in [0.3, 0.4) is 0 Å². The van der Waals surface area contributed by atoms with Crippen LogP contribution in [0.15, 0.2) is 35.7 Å². The van der Waals surface area contributed by atoms with E-state index in [0.717, 1.165) is 16.0 Å². The fourth-order valence-corrected chi connectivity index (χ4v) is 2.49. The number of anilines is 1. The van der Waals surface area contributed by atoms with E-state index in [-0.39, 0.29) is 0 Å². The van der Waals surface area contributed by atoms with Crippen molar-refractivity contribution in [3.8, 4) is 11.6 Å². The van der Waals surface area contributed by atoms with Gasteiger partial charge in [-0.3, -0.25) is 0 Å². The number of thiophene rings is 1. The lowest BCUT2D eigenvalue weighted by Gasteiger charge is -2.07. The maximum absolute atomic E-state index is 5.86. The minimum atomic E-state index is 0.567. The summed E-state index contributed by atoms with van der Waals surface area (Å²) in [5.41, 5.74) is 1.20. The van der Waals surface area contributed by atoms with Crippen molar-refractivity contribution in [3.63, 3.8) is 0 Å². The van der Waals surface area contributed by atoms with E-state index in [1.165, 1.54) is 5.56 Å². The van der Waals surface area contributed by atoms with Crippen LogP contribution < -0.4 is 10.1 Å². The Labute approximate surface area is 115 Å². The average Bonchev–Trinajstić information content (AvgIpc) is 2.89. The van der Waals surface area contributed by atoms with Gasteiger partial charge in [-0.25, -0.2) is 4.98 Å². The van der Waals surface area contributed by atoms with Crippen molar-refractivity contribution >= 4 is 27.5 Å². The third-order valence-electron chi connectivity index (χ3n) is 2.75. The normalized spacial score (nSPS) is 10.6. The number of nitrogens with one attached hydrogen (secondary N) is 1. The summed E-state index contributed by atoms with van der Waals surface area (Å²) < 4.78 is 5.86. The molecule has 0 bridgehead atoms. The number of fused-ring (bicyclic) bond motifs is 1. The molecule has 1 aromatic carbocycles. The first kappa shape index (κ1) is 11.9. The zero-order valence-corrected chi connectivity index (χ0v) is 11.5. The molecule has 0 amide bonds. The number of aryl methyl sites for hydroxylation is 1. The molecule has 0 aliphatic rings. The van der Waals surface area contributed by atoms with E-state index >= 15 is 0 Å². The van der Waals surface area contributed by atoms with Gasteiger partial charge in [0.05, 0.1) is 5.39 Å². The average molecular weight is 271 g/mol. The first-order chi connectivity index (χ1) is 9.26. The summed E-state index contributed by atoms with van der Waals surface area (Å²) in [6.45, 7) is 2.05. The molecule has 0 aliphatic heterocycles. The first-order valence-corrected chi connectivity index (χ1v) is 6.82. The third-order valence-corrected chi connectivity index (χ3v) is 3.56. The zero-order chi connectivity index (χ0) is 13.2. The quantitative estimate of drug-likeness (QED) is 0.786. The van der Waals surface area contributed by atoms with Gasteiger partial charge in [0, 0.05) is 7.05 Å². The smallest absolute Gasteiger partial charge is 0.232 e. The summed E-state index contributed by atoms with van der Waals surface area (Å²) >= 11 is 1.57. The Bertz CT molecular complexity index is 706. The van der Waals surface area contributed by atoms with Crippen molar-refractivity contribution in [2.45, 2.75) is 6.92 Å². The van der Waals surface area contributed by atoms with Crippen LogP contribution in [0.1, 0.15) is 5.56 Å². The van der Waals surface area contributed by atoms with Crippen LogP contribution in [0.2, 0.25) is 0 Å². The standard InChI is InChI=1S/C14H13N3OS/c1-9-3-5-10(6-4-9)18-12-11-7-8-19-13(11)17-14(15-2)16-12/h3-8H,1-2H3,(H,15,16,17). The number of aromatic nitrogens is 2. The molecule has 0 radical (unpaired) electrons. The predicted molar refractivity (Wildman–Crippen MR) is 78.2 cm³/mol. The number of rotatable bonds is 3. The van der Waals surface area contributed by atoms with Crippen molar-refractivity contribution in [1.29, 1.82) is 0 Å². The van der Waals surface area contributed by atoms with Gasteiger partial charge >= 0.3 is 0 Å². The van der Waals surface area contributed by atoms with Gasteiger partial charge in [0.15, 0.2) is 0 Å². The predicted octanol–water partition coefficient (Wildman–Crippen LogP) is 3.83. The maximum atomic E-state index is 5.86. The fraction of sp³-hybridized carbons (Fsp3) is 0.143. The van der Waals surface area contributed by atoms with Crippen molar-refractivity contribution in [1.82, 2.24) is 9.97 Å². The Morgan fingerprint density at radius 3 is 2.63 bits per heavy atom. The molecule has 0 aliphatic carbocycles. The minimum absolute atomic E-state index is 0.567. The van der Waals surface area contributed by atoms with Gasteiger partial charge < -0.3 is 10.1 Å². The number of nitrogens with zero attached hydrogens (tertiary/aromatic N) is 2. The van der Waals surface area contributed by atoms with E-state index in [2.05, 4.69) is 15.3 Å². The summed E-state index contributed by atoms with van der Waals surface area (Å²) in [5.74, 6) is 1.93. The van der Waals surface area contributed by atoms with Crippen molar-refractivity contribution < 1.29 is 4.74 Å². The fourth-order valence-electron chi connectivity index (χ4n) is 1.74. The number of hydrogen-bond donors (Lipinski definition) is 1. The van der Waals surface area contributed by atoms with Crippen LogP contribution in [0, 0.1) is 6.92 Å². The first-order valence-electron chi connectivity index (χ1n) is 5.94. The summed E-state index contributed by atoms with van der Waals surface area (Å²) in [7, 11) is 1.80. The van der Waals surface area contributed by atoms with Gasteiger partial charge in [-0.1, -0.05) is 17.7 Å². The molecule has 96 valence electrons. The molecule has 0 atom stereocenters. The van der Waals surface area contributed by atoms with E-state index in [1.807, 2.05) is 42.6 Å². The molecule has 3 aromatic rings. The highest BCUT2D eigenvalue weighted by Crippen LogP contribution is 2.31. The molecule has 3 rings (SSSR count). The molecular formula is C14H13N3OS. The lowest BCUT2D eigenvalue weighted by atomic mass is 10.2. The molecule has 19 heavy (non-hydrogen) atoms. The molecule has 5 heteroatoms. The molecular weight excluding hydrogens is 258 g/mol. The second kappa shape index (κ2) is 4.85. The van der Waals surface area contributed by atoms with Crippen LogP contribution in [-0.4, -0.2) is 17.0 Å². The van der Waals surface area contributed by atoms with Crippen LogP contribution in [-0.2, 0) is 0 Å². The second-order valence-electron chi connectivity index (χ2n) is 4.16. The molecule has 2 heterocycles. The van der Waals surface area contributed by atoms with Crippen molar-refractivity contribution in [2.24, 2.45) is 0 Å². The Hall–Kier alpha value is -2.14. The van der Waals surface area contributed by atoms with Crippen LogP contribution >= 0.6 is 11.3 Å². The van der Waals surface area contributed by atoms with Gasteiger partial charge in [-0.2, -0.15) is 4.98 Å². The summed E-state index contributed by atoms with van der Waals surface area (Å²) in [5, 5.41) is 5.87. The van der Waals surface area contributed by atoms with Crippen LogP contribution in [0.5, 0.6) is 11.6 Å². The highest BCUT2D eigenvalue weighted by molar-refractivity contribution is 7.16. The van der Waals surface area contributed by atoms with Crippen molar-refractivity contribution in [2.75, 3.05) is 12.4 Å². The molecule has 4 nitrogen and oxygen atoms in total. The molecule has 0 fully saturated rings. The summed E-state index contributed by atoms with van der Waals surface area (Å²) in [6, 6.07) is 9.88. The lowest BCUT2D eigenvalue weighted by molar-refractivity contribution is 0.469. The Kier molecular flexibility index (Phi) is 3.05. The van der Waals surface area contributed by atoms with E-state index in [1.54, 1.807) is 18.4 Å². The van der Waals surface area contributed by atoms with Crippen LogP contribution in [0.4, 0.5) is 5.95 Å². The van der Waals surface area contributed by atoms with E-state index in [9.17, 15) is 0 Å². The highest BCUT2D eigenvalue weighted by Gasteiger charge is 2.10.